The third-order valence-corrected chi connectivity index (χ3v) is 16.2. The van der Waals surface area contributed by atoms with Gasteiger partial charge in [0.2, 0.25) is 17.8 Å². The number of carbonyl (C=O) groups excluding carboxylic acids is 4. The van der Waals surface area contributed by atoms with E-state index >= 15 is 0 Å². The number of ether oxygens (including phenoxy) is 1. The summed E-state index contributed by atoms with van der Waals surface area (Å²) < 4.78 is 6.18. The second-order valence-corrected chi connectivity index (χ2v) is 20.8. The number of fused-ring (bicyclic) bond motifs is 1. The van der Waals surface area contributed by atoms with E-state index in [9.17, 15) is 24.4 Å². The number of hydrogen-bond donors (Lipinski definition) is 1. The van der Waals surface area contributed by atoms with Crippen molar-refractivity contribution in [3.05, 3.63) is 111 Å². The molecule has 4 amide bonds. The summed E-state index contributed by atoms with van der Waals surface area (Å²) in [6.45, 7) is 12.8. The Morgan fingerprint density at radius 2 is 1.49 bits per heavy atom. The number of amides is 4. The molecule has 4 aromatic rings. The van der Waals surface area contributed by atoms with E-state index < -0.39 is 23.8 Å². The third kappa shape index (κ3) is 9.20. The molecule has 0 bridgehead atoms. The van der Waals surface area contributed by atoms with Crippen LogP contribution in [0, 0.1) is 16.7 Å². The van der Waals surface area contributed by atoms with Crippen molar-refractivity contribution in [2.75, 3.05) is 62.2 Å². The van der Waals surface area contributed by atoms with Gasteiger partial charge in [0.1, 0.15) is 18.4 Å². The Balaban J connectivity index is 0.667. The standard InChI is InChI=1S/C53H60ClN9O5/c1-52(2,37-28-35(32-55)29-38(54)30-37)36-4-7-43(8-5-36)68-33-39-12-20-56-51(57-39)61-24-15-40(16-25-61)59-22-13-41(14-23-59)60-26-18-53(19-27-60)17-3-21-62(34-53)42-6-9-44-45(31-42)50(67)63(49(44)66)46-10-11-47(64)58-48(46)65/h4-9,12,20,28-31,40-41,46H,3,10-11,13-19,21-27,33-34H2,1-2H3,(H,58,64,65). The van der Waals surface area contributed by atoms with E-state index in [0.29, 0.717) is 40.4 Å². The second-order valence-electron chi connectivity index (χ2n) is 20.3. The Bertz CT molecular complexity index is 2630. The lowest BCUT2D eigenvalue weighted by Gasteiger charge is -2.51. The molecular weight excluding hydrogens is 878 g/mol. The lowest BCUT2D eigenvalue weighted by molar-refractivity contribution is -0.136. The molecule has 1 N–H and O–H groups in total. The topological polar surface area (TPSA) is 155 Å². The molecule has 68 heavy (non-hydrogen) atoms. The molecule has 7 heterocycles. The van der Waals surface area contributed by atoms with Crippen LogP contribution in [0.25, 0.3) is 0 Å². The van der Waals surface area contributed by atoms with Gasteiger partial charge in [-0.05, 0) is 155 Å². The van der Waals surface area contributed by atoms with Gasteiger partial charge in [0.05, 0.1) is 28.5 Å². The Kier molecular flexibility index (Phi) is 12.8. The highest BCUT2D eigenvalue weighted by Crippen LogP contribution is 2.43. The van der Waals surface area contributed by atoms with Crippen molar-refractivity contribution in [3.63, 3.8) is 0 Å². The van der Waals surface area contributed by atoms with Gasteiger partial charge >= 0.3 is 0 Å². The van der Waals surface area contributed by atoms with Crippen molar-refractivity contribution >= 4 is 46.9 Å². The van der Waals surface area contributed by atoms with Crippen molar-refractivity contribution < 1.29 is 23.9 Å². The van der Waals surface area contributed by atoms with Crippen molar-refractivity contribution in [2.45, 2.75) is 108 Å². The van der Waals surface area contributed by atoms with Crippen LogP contribution in [0.2, 0.25) is 5.02 Å². The van der Waals surface area contributed by atoms with Gasteiger partial charge in [0.25, 0.3) is 11.8 Å². The monoisotopic (exact) mass is 937 g/mol. The number of anilines is 2. The number of nitriles is 1. The van der Waals surface area contributed by atoms with Crippen LogP contribution in [0.4, 0.5) is 11.6 Å². The summed E-state index contributed by atoms with van der Waals surface area (Å²) in [6.07, 6.45) is 11.3. The molecule has 6 aliphatic heterocycles. The maximum Gasteiger partial charge on any atom is 0.262 e. The number of carbonyl (C=O) groups is 4. The van der Waals surface area contributed by atoms with Crippen LogP contribution >= 0.6 is 11.6 Å². The molecule has 5 saturated heterocycles. The number of halogens is 1. The van der Waals surface area contributed by atoms with E-state index in [-0.39, 0.29) is 29.6 Å². The molecule has 1 spiro atoms. The van der Waals surface area contributed by atoms with Crippen molar-refractivity contribution in [3.8, 4) is 11.8 Å². The van der Waals surface area contributed by atoms with Gasteiger partial charge in [-0.2, -0.15) is 5.26 Å². The fourth-order valence-electron chi connectivity index (χ4n) is 11.8. The van der Waals surface area contributed by atoms with Crippen LogP contribution in [0.15, 0.2) is 72.9 Å². The normalized spacial score (nSPS) is 22.1. The zero-order chi connectivity index (χ0) is 47.2. The molecule has 6 aliphatic rings. The predicted octanol–water partition coefficient (Wildman–Crippen LogP) is 7.12. The van der Waals surface area contributed by atoms with Crippen LogP contribution in [0.3, 0.4) is 0 Å². The molecule has 0 saturated carbocycles. The van der Waals surface area contributed by atoms with Crippen molar-refractivity contribution in [1.82, 2.24) is 30.0 Å². The Hall–Kier alpha value is -5.88. The van der Waals surface area contributed by atoms with Gasteiger partial charge in [0.15, 0.2) is 0 Å². The molecule has 10 rings (SSSR count). The Morgan fingerprint density at radius 3 is 2.21 bits per heavy atom. The minimum atomic E-state index is -0.961. The zero-order valence-electron chi connectivity index (χ0n) is 39.1. The van der Waals surface area contributed by atoms with Crippen LogP contribution < -0.4 is 19.9 Å². The van der Waals surface area contributed by atoms with Crippen LogP contribution in [-0.4, -0.2) is 119 Å². The summed E-state index contributed by atoms with van der Waals surface area (Å²) in [5, 5.41) is 12.3. The number of rotatable bonds is 10. The van der Waals surface area contributed by atoms with Crippen LogP contribution in [-0.2, 0) is 21.6 Å². The molecule has 5 fully saturated rings. The van der Waals surface area contributed by atoms with Gasteiger partial charge in [-0.3, -0.25) is 29.4 Å². The van der Waals surface area contributed by atoms with Crippen LogP contribution in [0.5, 0.6) is 5.75 Å². The summed E-state index contributed by atoms with van der Waals surface area (Å²) in [5.41, 5.74) is 4.97. The molecule has 15 heteroatoms. The molecule has 1 aromatic heterocycles. The second kappa shape index (κ2) is 18.9. The van der Waals surface area contributed by atoms with E-state index in [1.165, 1.54) is 19.3 Å². The predicted molar refractivity (Wildman–Crippen MR) is 259 cm³/mol. The first-order valence-corrected chi connectivity index (χ1v) is 24.8. The molecule has 0 radical (unpaired) electrons. The Labute approximate surface area is 403 Å². The first-order valence-electron chi connectivity index (χ1n) is 24.5. The summed E-state index contributed by atoms with van der Waals surface area (Å²) >= 11 is 6.33. The highest BCUT2D eigenvalue weighted by molar-refractivity contribution is 6.30. The molecule has 354 valence electrons. The largest absolute Gasteiger partial charge is 0.487 e. The van der Waals surface area contributed by atoms with E-state index in [1.54, 1.807) is 12.1 Å². The molecule has 3 aromatic carbocycles. The Morgan fingerprint density at radius 1 is 0.779 bits per heavy atom. The number of aromatic nitrogens is 2. The first-order chi connectivity index (χ1) is 32.9. The number of nitrogens with zero attached hydrogens (tertiary/aromatic N) is 8. The minimum absolute atomic E-state index is 0.105. The first kappa shape index (κ1) is 45.9. The fourth-order valence-corrected chi connectivity index (χ4v) is 12.1. The summed E-state index contributed by atoms with van der Waals surface area (Å²) in [6, 6.07) is 23.5. The molecule has 0 aliphatic carbocycles. The fraction of sp³-hybridized carbons (Fsp3) is 0.491. The van der Waals surface area contributed by atoms with E-state index in [1.807, 2.05) is 48.7 Å². The van der Waals surface area contributed by atoms with Crippen molar-refractivity contribution in [2.24, 2.45) is 5.41 Å². The highest BCUT2D eigenvalue weighted by Gasteiger charge is 2.46. The summed E-state index contributed by atoms with van der Waals surface area (Å²) in [5.74, 6) is -0.357. The van der Waals surface area contributed by atoms with E-state index in [4.69, 9.17) is 21.3 Å². The molecule has 1 unspecified atom stereocenters. The number of piperidine rings is 5. The number of hydrogen-bond acceptors (Lipinski definition) is 12. The van der Waals surface area contributed by atoms with Gasteiger partial charge in [-0.25, -0.2) is 9.97 Å². The van der Waals surface area contributed by atoms with Crippen LogP contribution in [0.1, 0.15) is 121 Å². The van der Waals surface area contributed by atoms with Gasteiger partial charge in [-0.1, -0.05) is 37.6 Å². The maximum absolute atomic E-state index is 13.6. The summed E-state index contributed by atoms with van der Waals surface area (Å²) in [7, 11) is 0. The maximum atomic E-state index is 13.6. The number of likely N-dealkylation sites (tertiary alicyclic amines) is 2. The number of imide groups is 2. The third-order valence-electron chi connectivity index (χ3n) is 16.0. The average Bonchev–Trinajstić information content (AvgIpc) is 3.61. The molecule has 14 nitrogen and oxygen atoms in total. The highest BCUT2D eigenvalue weighted by atomic mass is 35.5. The quantitative estimate of drug-likeness (QED) is 0.161. The lowest BCUT2D eigenvalue weighted by Crippen LogP contribution is -2.55. The van der Waals surface area contributed by atoms with E-state index in [2.05, 4.69) is 61.9 Å². The van der Waals surface area contributed by atoms with E-state index in [0.717, 1.165) is 124 Å². The van der Waals surface area contributed by atoms with Gasteiger partial charge in [-0.15, -0.1) is 0 Å². The molecule has 1 atom stereocenters. The van der Waals surface area contributed by atoms with Crippen molar-refractivity contribution in [1.29, 1.82) is 5.26 Å². The average molecular weight is 939 g/mol. The smallest absolute Gasteiger partial charge is 0.262 e. The zero-order valence-corrected chi connectivity index (χ0v) is 39.8. The van der Waals surface area contributed by atoms with Gasteiger partial charge < -0.3 is 24.3 Å². The SMILES string of the molecule is CC(C)(c1ccc(OCc2ccnc(N3CCC(N4CCC(N5CCC6(CCCN(c7ccc8c(c7)C(=O)N(C7CCC(=O)NC7=O)C8=O)C6)CC5)CC4)CC3)n2)cc1)c1cc(Cl)cc(C#N)c1. The van der Waals surface area contributed by atoms with Gasteiger partial charge in [0, 0.05) is 67.0 Å². The lowest BCUT2D eigenvalue weighted by atomic mass is 9.72. The number of nitrogens with one attached hydrogen (secondary N) is 1. The number of benzene rings is 3. The molecular formula is C53H60ClN9O5. The minimum Gasteiger partial charge on any atom is -0.487 e. The summed E-state index contributed by atoms with van der Waals surface area (Å²) in [4.78, 5) is 72.0.